The first-order valence-corrected chi connectivity index (χ1v) is 13.0. The molecule has 2 heterocycles. The predicted octanol–water partition coefficient (Wildman–Crippen LogP) is 5.96. The van der Waals surface area contributed by atoms with Crippen LogP contribution in [0.3, 0.4) is 0 Å². The number of imide groups is 1. The van der Waals surface area contributed by atoms with Gasteiger partial charge in [-0.1, -0.05) is 36.0 Å². The minimum Gasteiger partial charge on any atom is -0.349 e. The summed E-state index contributed by atoms with van der Waals surface area (Å²) in [4.78, 5) is 45.1. The molecule has 1 aromatic carbocycles. The number of halogens is 4. The summed E-state index contributed by atoms with van der Waals surface area (Å²) in [6.45, 7) is 1.24. The molecule has 1 aliphatic rings. The number of aromatic nitrogens is 3. The zero-order chi connectivity index (χ0) is 25.3. The van der Waals surface area contributed by atoms with E-state index in [0.29, 0.717) is 9.08 Å². The molecule has 2 aromatic heterocycles. The van der Waals surface area contributed by atoms with E-state index in [9.17, 15) is 14.4 Å². The molecule has 0 atom stereocenters. The van der Waals surface area contributed by atoms with Crippen LogP contribution in [0.5, 0.6) is 0 Å². The maximum Gasteiger partial charge on any atom is 0.283 e. The van der Waals surface area contributed by atoms with Crippen LogP contribution in [0, 0.1) is 0 Å². The number of nitrogens with zero attached hydrogens (tertiary/aromatic N) is 4. The second kappa shape index (κ2) is 10.8. The molecule has 0 unspecified atom stereocenters. The van der Waals surface area contributed by atoms with Gasteiger partial charge in [-0.25, -0.2) is 14.6 Å². The monoisotopic (exact) mass is 641 g/mol. The molecule has 0 saturated heterocycles. The molecule has 1 aliphatic carbocycles. The third-order valence-corrected chi connectivity index (χ3v) is 7.05. The van der Waals surface area contributed by atoms with Gasteiger partial charge in [-0.05, 0) is 69.0 Å². The Morgan fingerprint density at radius 1 is 1.14 bits per heavy atom. The van der Waals surface area contributed by atoms with E-state index in [0.717, 1.165) is 30.6 Å². The van der Waals surface area contributed by atoms with Crippen molar-refractivity contribution >= 4 is 78.5 Å². The number of carbonyl (C=O) groups is 3. The SMILES string of the molecule is CC(=O)N(C(=O)c1cc(Br)nn1-c1ncccc1Cl)c1c(Br)cc(Cl)cc1C(=O)NC1CCCC1. The van der Waals surface area contributed by atoms with Crippen LogP contribution >= 0.6 is 55.1 Å². The van der Waals surface area contributed by atoms with E-state index in [-0.39, 0.29) is 38.8 Å². The fourth-order valence-corrected chi connectivity index (χ4v) is 5.58. The van der Waals surface area contributed by atoms with Gasteiger partial charge in [0.15, 0.2) is 5.82 Å². The first-order chi connectivity index (χ1) is 16.7. The first kappa shape index (κ1) is 25.8. The zero-order valence-corrected chi connectivity index (χ0v) is 23.1. The maximum absolute atomic E-state index is 13.8. The number of carbonyl (C=O) groups excluding carboxylic acids is 3. The third-order valence-electron chi connectivity index (χ3n) is 5.54. The van der Waals surface area contributed by atoms with Gasteiger partial charge < -0.3 is 5.32 Å². The van der Waals surface area contributed by atoms with Crippen molar-refractivity contribution in [3.05, 3.63) is 66.9 Å². The van der Waals surface area contributed by atoms with Gasteiger partial charge in [-0.2, -0.15) is 5.10 Å². The van der Waals surface area contributed by atoms with Gasteiger partial charge in [0.05, 0.1) is 16.3 Å². The Kier molecular flexibility index (Phi) is 7.95. The fourth-order valence-electron chi connectivity index (χ4n) is 4.02. The number of rotatable bonds is 5. The maximum atomic E-state index is 13.8. The first-order valence-electron chi connectivity index (χ1n) is 10.7. The van der Waals surface area contributed by atoms with E-state index in [2.05, 4.69) is 47.3 Å². The minimum atomic E-state index is -0.727. The van der Waals surface area contributed by atoms with Gasteiger partial charge in [0, 0.05) is 34.7 Å². The molecule has 8 nitrogen and oxygen atoms in total. The van der Waals surface area contributed by atoms with Crippen molar-refractivity contribution in [1.29, 1.82) is 0 Å². The van der Waals surface area contributed by atoms with Crippen molar-refractivity contribution < 1.29 is 14.4 Å². The highest BCUT2D eigenvalue weighted by molar-refractivity contribution is 9.10. The average Bonchev–Trinajstić information content (AvgIpc) is 3.44. The summed E-state index contributed by atoms with van der Waals surface area (Å²) in [5.41, 5.74) is 0.191. The molecule has 3 amide bonds. The van der Waals surface area contributed by atoms with Crippen LogP contribution in [-0.2, 0) is 4.79 Å². The summed E-state index contributed by atoms with van der Waals surface area (Å²) in [6, 6.07) is 7.70. The van der Waals surface area contributed by atoms with E-state index in [1.54, 1.807) is 12.1 Å². The standard InChI is InChI=1S/C23H19Br2Cl2N5O3/c1-12(33)31(23(35)18-11-19(25)30-32(18)21-17(27)7-4-8-28-21)20-15(9-13(26)10-16(20)24)22(34)29-14-5-2-3-6-14/h4,7-11,14H,2-3,5-6H2,1H3,(H,29,34). The molecular weight excluding hydrogens is 625 g/mol. The summed E-state index contributed by atoms with van der Waals surface area (Å²) in [7, 11) is 0. The lowest BCUT2D eigenvalue weighted by molar-refractivity contribution is -0.116. The normalized spacial score (nSPS) is 13.6. The van der Waals surface area contributed by atoms with Crippen LogP contribution < -0.4 is 10.2 Å². The number of anilines is 1. The molecule has 12 heteroatoms. The van der Waals surface area contributed by atoms with E-state index in [1.165, 1.54) is 36.0 Å². The van der Waals surface area contributed by atoms with E-state index < -0.39 is 17.7 Å². The van der Waals surface area contributed by atoms with E-state index >= 15 is 0 Å². The molecular formula is C23H19Br2Cl2N5O3. The average molecular weight is 644 g/mol. The molecule has 1 saturated carbocycles. The van der Waals surface area contributed by atoms with Crippen molar-refractivity contribution in [3.8, 4) is 5.82 Å². The number of amides is 3. The smallest absolute Gasteiger partial charge is 0.283 e. The summed E-state index contributed by atoms with van der Waals surface area (Å²) >= 11 is 19.2. The van der Waals surface area contributed by atoms with Crippen molar-refractivity contribution in [2.45, 2.75) is 38.6 Å². The Balaban J connectivity index is 1.82. The van der Waals surface area contributed by atoms with Crippen LogP contribution in [0.25, 0.3) is 5.82 Å². The number of hydrogen-bond donors (Lipinski definition) is 1. The van der Waals surface area contributed by atoms with Crippen LogP contribution in [0.15, 0.2) is 45.6 Å². The summed E-state index contributed by atoms with van der Waals surface area (Å²) in [5, 5.41) is 7.81. The van der Waals surface area contributed by atoms with Crippen molar-refractivity contribution in [2.24, 2.45) is 0 Å². The lowest BCUT2D eigenvalue weighted by atomic mass is 10.1. The van der Waals surface area contributed by atoms with Gasteiger partial charge in [0.1, 0.15) is 10.3 Å². The molecule has 1 fully saturated rings. The van der Waals surface area contributed by atoms with Crippen molar-refractivity contribution in [3.63, 3.8) is 0 Å². The largest absolute Gasteiger partial charge is 0.349 e. The number of hydrogen-bond acceptors (Lipinski definition) is 5. The van der Waals surface area contributed by atoms with E-state index in [1.807, 2.05) is 0 Å². The Morgan fingerprint density at radius 3 is 2.51 bits per heavy atom. The van der Waals surface area contributed by atoms with E-state index in [4.69, 9.17) is 23.2 Å². The minimum absolute atomic E-state index is 0.0108. The number of benzene rings is 1. The van der Waals surface area contributed by atoms with Crippen LogP contribution in [0.1, 0.15) is 53.5 Å². The number of pyridine rings is 1. The quantitative estimate of drug-likeness (QED) is 0.370. The Bertz CT molecular complexity index is 1320. The van der Waals surface area contributed by atoms with Gasteiger partial charge >= 0.3 is 0 Å². The molecule has 35 heavy (non-hydrogen) atoms. The Morgan fingerprint density at radius 2 is 1.86 bits per heavy atom. The second-order valence-corrected chi connectivity index (χ2v) is 10.5. The second-order valence-electron chi connectivity index (χ2n) is 7.97. The highest BCUT2D eigenvalue weighted by Crippen LogP contribution is 2.36. The molecule has 0 aliphatic heterocycles. The highest BCUT2D eigenvalue weighted by Gasteiger charge is 2.33. The molecule has 0 radical (unpaired) electrons. The van der Waals surface area contributed by atoms with Gasteiger partial charge in [-0.15, -0.1) is 0 Å². The van der Waals surface area contributed by atoms with Crippen molar-refractivity contribution in [1.82, 2.24) is 20.1 Å². The van der Waals surface area contributed by atoms with Crippen LogP contribution in [0.2, 0.25) is 10.0 Å². The van der Waals surface area contributed by atoms with Crippen LogP contribution in [-0.4, -0.2) is 38.5 Å². The van der Waals surface area contributed by atoms with Crippen LogP contribution in [0.4, 0.5) is 5.69 Å². The number of nitrogens with one attached hydrogen (secondary N) is 1. The lowest BCUT2D eigenvalue weighted by Gasteiger charge is -2.24. The zero-order valence-electron chi connectivity index (χ0n) is 18.4. The molecule has 182 valence electrons. The predicted molar refractivity (Wildman–Crippen MR) is 140 cm³/mol. The Labute approximate surface area is 228 Å². The van der Waals surface area contributed by atoms with Gasteiger partial charge in [0.25, 0.3) is 11.8 Å². The summed E-state index contributed by atoms with van der Waals surface area (Å²) in [5.74, 6) is -1.54. The van der Waals surface area contributed by atoms with Crippen molar-refractivity contribution in [2.75, 3.05) is 4.90 Å². The van der Waals surface area contributed by atoms with Gasteiger partial charge in [0.2, 0.25) is 5.91 Å². The lowest BCUT2D eigenvalue weighted by Crippen LogP contribution is -2.40. The molecule has 4 rings (SSSR count). The fraction of sp³-hybridized carbons (Fsp3) is 0.261. The summed E-state index contributed by atoms with van der Waals surface area (Å²) in [6.07, 6.45) is 5.32. The highest BCUT2D eigenvalue weighted by atomic mass is 79.9. The van der Waals surface area contributed by atoms with Gasteiger partial charge in [-0.3, -0.25) is 14.4 Å². The topological polar surface area (TPSA) is 97.2 Å². The molecule has 0 bridgehead atoms. The molecule has 3 aromatic rings. The third kappa shape index (κ3) is 5.45. The molecule has 1 N–H and O–H groups in total. The Hall–Kier alpha value is -2.27. The summed E-state index contributed by atoms with van der Waals surface area (Å²) < 4.78 is 1.89. The molecule has 0 spiro atoms.